The average Bonchev–Trinajstić information content (AvgIpc) is 2.44. The maximum atomic E-state index is 12.7. The van der Waals surface area contributed by atoms with Gasteiger partial charge in [-0.15, -0.1) is 0 Å². The van der Waals surface area contributed by atoms with Gasteiger partial charge in [-0.2, -0.15) is 13.2 Å². The van der Waals surface area contributed by atoms with Crippen molar-refractivity contribution < 1.29 is 13.2 Å². The van der Waals surface area contributed by atoms with Gasteiger partial charge in [0.05, 0.1) is 12.1 Å². The molecule has 0 aliphatic rings. The van der Waals surface area contributed by atoms with Gasteiger partial charge in [-0.25, -0.2) is 4.98 Å². The Morgan fingerprint density at radius 2 is 2.05 bits per heavy atom. The van der Waals surface area contributed by atoms with Gasteiger partial charge in [-0.05, 0) is 26.0 Å². The van der Waals surface area contributed by atoms with Crippen molar-refractivity contribution in [1.82, 2.24) is 9.88 Å². The van der Waals surface area contributed by atoms with E-state index in [9.17, 15) is 13.2 Å². The second-order valence-electron chi connectivity index (χ2n) is 4.24. The van der Waals surface area contributed by atoms with Gasteiger partial charge in [0.15, 0.2) is 5.96 Å². The Morgan fingerprint density at radius 3 is 2.62 bits per heavy atom. The molecule has 0 bridgehead atoms. The van der Waals surface area contributed by atoms with E-state index >= 15 is 0 Å². The molecule has 0 unspecified atom stereocenters. The lowest BCUT2D eigenvalue weighted by Gasteiger charge is -2.19. The average molecular weight is 303 g/mol. The van der Waals surface area contributed by atoms with Crippen LogP contribution in [0.15, 0.2) is 23.3 Å². The minimum Gasteiger partial charge on any atom is -0.370 e. The van der Waals surface area contributed by atoms with Crippen molar-refractivity contribution in [3.8, 4) is 0 Å². The number of aromatic nitrogens is 1. The number of nitrogens with zero attached hydrogens (tertiary/aromatic N) is 3. The molecule has 118 valence electrons. The fourth-order valence-electron chi connectivity index (χ4n) is 1.77. The Kier molecular flexibility index (Phi) is 6.26. The summed E-state index contributed by atoms with van der Waals surface area (Å²) < 4.78 is 38.2. The largest absolute Gasteiger partial charge is 0.419 e. The number of hydrogen-bond acceptors (Lipinski definition) is 3. The Hall–Kier alpha value is -1.99. The van der Waals surface area contributed by atoms with Crippen molar-refractivity contribution in [1.29, 1.82) is 0 Å². The molecule has 0 aromatic carbocycles. The molecule has 21 heavy (non-hydrogen) atoms. The summed E-state index contributed by atoms with van der Waals surface area (Å²) in [4.78, 5) is 9.69. The second-order valence-corrected chi connectivity index (χ2v) is 4.24. The zero-order chi connectivity index (χ0) is 15.9. The smallest absolute Gasteiger partial charge is 0.370 e. The number of hydrogen-bond donors (Lipinski definition) is 2. The number of nitrogens with two attached hydrogens (primary N) is 1. The van der Waals surface area contributed by atoms with Gasteiger partial charge in [0, 0.05) is 25.8 Å². The predicted octanol–water partition coefficient (Wildman–Crippen LogP) is 2.17. The van der Waals surface area contributed by atoms with Crippen LogP contribution in [0.1, 0.15) is 19.4 Å². The Morgan fingerprint density at radius 1 is 1.38 bits per heavy atom. The van der Waals surface area contributed by atoms with Gasteiger partial charge in [0.25, 0.3) is 0 Å². The third kappa shape index (κ3) is 5.13. The standard InChI is InChI=1S/C13H20F3N5/c1-3-21(4-2)12(17)20-9-8-19-11-10(13(14,15)16)6-5-7-18-11/h5-7H,3-4,8-9H2,1-2H3,(H2,17,20)(H,18,19). The van der Waals surface area contributed by atoms with Crippen LogP contribution in [0.3, 0.4) is 0 Å². The van der Waals surface area contributed by atoms with Crippen LogP contribution < -0.4 is 11.1 Å². The highest BCUT2D eigenvalue weighted by Crippen LogP contribution is 2.33. The van der Waals surface area contributed by atoms with Crippen LogP contribution in [-0.4, -0.2) is 42.0 Å². The normalized spacial score (nSPS) is 12.3. The number of nitrogens with one attached hydrogen (secondary N) is 1. The van der Waals surface area contributed by atoms with E-state index in [0.29, 0.717) is 5.96 Å². The van der Waals surface area contributed by atoms with E-state index < -0.39 is 11.7 Å². The summed E-state index contributed by atoms with van der Waals surface area (Å²) in [6, 6.07) is 2.24. The van der Waals surface area contributed by atoms with E-state index in [1.807, 2.05) is 18.7 Å². The van der Waals surface area contributed by atoms with Crippen molar-refractivity contribution in [3.63, 3.8) is 0 Å². The van der Waals surface area contributed by atoms with Gasteiger partial charge in [0.1, 0.15) is 5.82 Å². The first-order valence-electron chi connectivity index (χ1n) is 6.71. The van der Waals surface area contributed by atoms with E-state index in [0.717, 1.165) is 19.2 Å². The molecule has 0 fully saturated rings. The van der Waals surface area contributed by atoms with Crippen molar-refractivity contribution >= 4 is 11.8 Å². The summed E-state index contributed by atoms with van der Waals surface area (Å²) in [6.45, 7) is 5.87. The summed E-state index contributed by atoms with van der Waals surface area (Å²) in [6.07, 6.45) is -3.12. The van der Waals surface area contributed by atoms with E-state index in [2.05, 4.69) is 15.3 Å². The Balaban J connectivity index is 2.60. The topological polar surface area (TPSA) is 66.5 Å². The maximum absolute atomic E-state index is 12.7. The predicted molar refractivity (Wildman–Crippen MR) is 77.1 cm³/mol. The highest BCUT2D eigenvalue weighted by Gasteiger charge is 2.33. The Bertz CT molecular complexity index is 469. The molecule has 0 saturated heterocycles. The molecule has 1 aromatic rings. The number of halogens is 3. The zero-order valence-electron chi connectivity index (χ0n) is 12.1. The number of aliphatic imine (C=N–C) groups is 1. The molecule has 1 heterocycles. The minimum atomic E-state index is -4.43. The quantitative estimate of drug-likeness (QED) is 0.480. The molecule has 5 nitrogen and oxygen atoms in total. The Labute approximate surface area is 122 Å². The molecule has 0 amide bonds. The SMILES string of the molecule is CCN(CC)C(N)=NCCNc1ncccc1C(F)(F)F. The van der Waals surface area contributed by atoms with Gasteiger partial charge in [0.2, 0.25) is 0 Å². The molecule has 3 N–H and O–H groups in total. The van der Waals surface area contributed by atoms with Crippen molar-refractivity contribution in [2.24, 2.45) is 10.7 Å². The summed E-state index contributed by atoms with van der Waals surface area (Å²) in [5.41, 5.74) is 4.98. The van der Waals surface area contributed by atoms with Gasteiger partial charge >= 0.3 is 6.18 Å². The lowest BCUT2D eigenvalue weighted by Crippen LogP contribution is -2.37. The van der Waals surface area contributed by atoms with E-state index in [4.69, 9.17) is 5.73 Å². The van der Waals surface area contributed by atoms with E-state index in [-0.39, 0.29) is 18.9 Å². The van der Waals surface area contributed by atoms with E-state index in [1.165, 1.54) is 12.3 Å². The van der Waals surface area contributed by atoms with Crippen LogP contribution in [0.5, 0.6) is 0 Å². The molecule has 0 aliphatic heterocycles. The van der Waals surface area contributed by atoms with Crippen LogP contribution >= 0.6 is 0 Å². The monoisotopic (exact) mass is 303 g/mol. The van der Waals surface area contributed by atoms with Crippen LogP contribution in [0.4, 0.5) is 19.0 Å². The first kappa shape index (κ1) is 17.1. The summed E-state index contributed by atoms with van der Waals surface area (Å²) in [5.74, 6) is 0.195. The number of pyridine rings is 1. The zero-order valence-corrected chi connectivity index (χ0v) is 12.1. The maximum Gasteiger partial charge on any atom is 0.419 e. The van der Waals surface area contributed by atoms with Crippen LogP contribution in [0, 0.1) is 0 Å². The molecule has 0 radical (unpaired) electrons. The lowest BCUT2D eigenvalue weighted by molar-refractivity contribution is -0.137. The molecular formula is C13H20F3N5. The van der Waals surface area contributed by atoms with Gasteiger partial charge in [-0.3, -0.25) is 4.99 Å². The third-order valence-corrected chi connectivity index (χ3v) is 2.88. The molecule has 0 aliphatic carbocycles. The number of guanidine groups is 1. The van der Waals surface area contributed by atoms with Gasteiger partial charge in [-0.1, -0.05) is 0 Å². The molecule has 0 spiro atoms. The van der Waals surface area contributed by atoms with Crippen LogP contribution in [0.2, 0.25) is 0 Å². The van der Waals surface area contributed by atoms with Crippen LogP contribution in [0.25, 0.3) is 0 Å². The first-order chi connectivity index (χ1) is 9.90. The fourth-order valence-corrected chi connectivity index (χ4v) is 1.77. The van der Waals surface area contributed by atoms with Crippen molar-refractivity contribution in [2.45, 2.75) is 20.0 Å². The molecule has 8 heteroatoms. The lowest BCUT2D eigenvalue weighted by atomic mass is 10.2. The van der Waals surface area contributed by atoms with Crippen LogP contribution in [-0.2, 0) is 6.18 Å². The molecule has 0 atom stereocenters. The highest BCUT2D eigenvalue weighted by molar-refractivity contribution is 5.78. The number of alkyl halides is 3. The molecule has 0 saturated carbocycles. The third-order valence-electron chi connectivity index (χ3n) is 2.88. The molecule has 1 aromatic heterocycles. The number of rotatable bonds is 6. The van der Waals surface area contributed by atoms with Crippen molar-refractivity contribution in [2.75, 3.05) is 31.5 Å². The molecule has 1 rings (SSSR count). The first-order valence-corrected chi connectivity index (χ1v) is 6.71. The van der Waals surface area contributed by atoms with Gasteiger partial charge < -0.3 is 16.0 Å². The highest BCUT2D eigenvalue weighted by atomic mass is 19.4. The summed E-state index contributed by atoms with van der Waals surface area (Å²) >= 11 is 0. The fraction of sp³-hybridized carbons (Fsp3) is 0.538. The van der Waals surface area contributed by atoms with E-state index in [1.54, 1.807) is 0 Å². The molecular weight excluding hydrogens is 283 g/mol. The number of anilines is 1. The summed E-state index contributed by atoms with van der Waals surface area (Å²) in [7, 11) is 0. The van der Waals surface area contributed by atoms with Crippen molar-refractivity contribution in [3.05, 3.63) is 23.9 Å². The second kappa shape index (κ2) is 7.70. The minimum absolute atomic E-state index is 0.193. The summed E-state index contributed by atoms with van der Waals surface area (Å²) in [5, 5.41) is 2.64.